The molecule has 1 aliphatic rings. The van der Waals surface area contributed by atoms with E-state index in [9.17, 15) is 13.2 Å². The zero-order valence-corrected chi connectivity index (χ0v) is 16.6. The Kier molecular flexibility index (Phi) is 5.83. The Morgan fingerprint density at radius 2 is 2.00 bits per heavy atom. The van der Waals surface area contributed by atoms with Gasteiger partial charge in [0.05, 0.1) is 10.6 Å². The van der Waals surface area contributed by atoms with Crippen molar-refractivity contribution in [2.45, 2.75) is 44.1 Å². The van der Waals surface area contributed by atoms with Crippen LogP contribution in [0.1, 0.15) is 54.4 Å². The molecule has 0 spiro atoms. The monoisotopic (exact) mass is 413 g/mol. The summed E-state index contributed by atoms with van der Waals surface area (Å²) in [4.78, 5) is 16.4. The van der Waals surface area contributed by atoms with Gasteiger partial charge in [-0.15, -0.1) is 0 Å². The van der Waals surface area contributed by atoms with Crippen LogP contribution in [-0.2, 0) is 14.8 Å². The maximum absolute atomic E-state index is 12.9. The molecule has 0 N–H and O–H groups in total. The summed E-state index contributed by atoms with van der Waals surface area (Å²) in [5, 5.41) is 3.72. The number of piperidine rings is 1. The number of rotatable bonds is 5. The largest absolute Gasteiger partial charge is 0.449 e. The third kappa shape index (κ3) is 4.31. The lowest BCUT2D eigenvalue weighted by Gasteiger charge is -2.26. The Morgan fingerprint density at radius 3 is 2.63 bits per heavy atom. The molecule has 1 aromatic heterocycles. The van der Waals surface area contributed by atoms with Gasteiger partial charge in [-0.25, -0.2) is 13.2 Å². The van der Waals surface area contributed by atoms with E-state index in [0.717, 1.165) is 19.3 Å². The molecule has 3 rings (SSSR count). The number of carbonyl (C=O) groups is 1. The number of esters is 1. The van der Waals surface area contributed by atoms with E-state index in [1.54, 1.807) is 13.8 Å². The highest BCUT2D eigenvalue weighted by atomic mass is 35.5. The van der Waals surface area contributed by atoms with Crippen molar-refractivity contribution in [1.82, 2.24) is 14.4 Å². The van der Waals surface area contributed by atoms with E-state index >= 15 is 0 Å². The number of hydrogen-bond donors (Lipinski definition) is 0. The predicted octanol–water partition coefficient (Wildman–Crippen LogP) is 3.12. The lowest BCUT2D eigenvalue weighted by Crippen LogP contribution is -2.35. The van der Waals surface area contributed by atoms with Crippen LogP contribution in [0.25, 0.3) is 0 Å². The quantitative estimate of drug-likeness (QED) is 0.693. The molecular weight excluding hydrogens is 394 g/mol. The molecule has 0 amide bonds. The molecule has 1 aromatic carbocycles. The number of halogens is 1. The van der Waals surface area contributed by atoms with Gasteiger partial charge in [0.1, 0.15) is 4.90 Å². The molecule has 146 valence electrons. The van der Waals surface area contributed by atoms with E-state index in [0.29, 0.717) is 18.9 Å². The molecule has 10 heteroatoms. The lowest BCUT2D eigenvalue weighted by molar-refractivity contribution is 0.0265. The molecule has 2 aromatic rings. The number of sulfonamides is 1. The molecule has 0 bridgehead atoms. The van der Waals surface area contributed by atoms with Crippen molar-refractivity contribution in [2.24, 2.45) is 0 Å². The van der Waals surface area contributed by atoms with Gasteiger partial charge in [0, 0.05) is 13.1 Å². The van der Waals surface area contributed by atoms with E-state index in [1.807, 2.05) is 0 Å². The Morgan fingerprint density at radius 1 is 1.30 bits per heavy atom. The maximum Gasteiger partial charge on any atom is 0.338 e. The summed E-state index contributed by atoms with van der Waals surface area (Å²) < 4.78 is 37.4. The first-order valence-corrected chi connectivity index (χ1v) is 10.4. The van der Waals surface area contributed by atoms with Gasteiger partial charge in [0.25, 0.3) is 5.89 Å². The van der Waals surface area contributed by atoms with Crippen molar-refractivity contribution in [3.63, 3.8) is 0 Å². The van der Waals surface area contributed by atoms with Crippen LogP contribution in [0.3, 0.4) is 0 Å². The minimum atomic E-state index is -3.77. The Bertz CT molecular complexity index is 938. The third-order valence-corrected chi connectivity index (χ3v) is 6.65. The predicted molar refractivity (Wildman–Crippen MR) is 96.9 cm³/mol. The standard InChI is InChI=1S/C17H20ClN3O5S/c1-11(16-19-12(2)20-26-16)25-17(22)13-6-7-14(18)15(10-13)27(23,24)21-8-4-3-5-9-21/h6-7,10-11H,3-5,8-9H2,1-2H3. The minimum Gasteiger partial charge on any atom is -0.449 e. The normalized spacial score (nSPS) is 16.9. The van der Waals surface area contributed by atoms with Gasteiger partial charge < -0.3 is 9.26 Å². The zero-order valence-electron chi connectivity index (χ0n) is 15.0. The SMILES string of the molecule is Cc1noc(C(C)OC(=O)c2ccc(Cl)c(S(=O)(=O)N3CCCCC3)c2)n1. The molecule has 0 aliphatic carbocycles. The van der Waals surface area contributed by atoms with Gasteiger partial charge >= 0.3 is 5.97 Å². The van der Waals surface area contributed by atoms with Gasteiger partial charge in [0.15, 0.2) is 11.9 Å². The van der Waals surface area contributed by atoms with Gasteiger partial charge in [-0.05, 0) is 44.9 Å². The van der Waals surface area contributed by atoms with Gasteiger partial charge in [-0.2, -0.15) is 9.29 Å². The van der Waals surface area contributed by atoms with Crippen molar-refractivity contribution < 1.29 is 22.5 Å². The molecule has 0 saturated carbocycles. The number of aryl methyl sites for hydroxylation is 1. The fraction of sp³-hybridized carbons (Fsp3) is 0.471. The summed E-state index contributed by atoms with van der Waals surface area (Å²) in [6, 6.07) is 4.06. The van der Waals surface area contributed by atoms with Crippen LogP contribution in [0, 0.1) is 6.92 Å². The highest BCUT2D eigenvalue weighted by molar-refractivity contribution is 7.89. The fourth-order valence-electron chi connectivity index (χ4n) is 2.83. The summed E-state index contributed by atoms with van der Waals surface area (Å²) in [6.07, 6.45) is 1.84. The topological polar surface area (TPSA) is 103 Å². The molecule has 8 nitrogen and oxygen atoms in total. The second-order valence-electron chi connectivity index (χ2n) is 6.34. The van der Waals surface area contributed by atoms with Crippen molar-refractivity contribution in [2.75, 3.05) is 13.1 Å². The summed E-state index contributed by atoms with van der Waals surface area (Å²) in [5.74, 6) is -0.115. The number of aromatic nitrogens is 2. The van der Waals surface area contributed by atoms with Gasteiger partial charge in [0.2, 0.25) is 10.0 Å². The number of hydrogen-bond acceptors (Lipinski definition) is 7. The minimum absolute atomic E-state index is 0.0673. The number of ether oxygens (including phenoxy) is 1. The first-order chi connectivity index (χ1) is 12.8. The molecule has 1 saturated heterocycles. The average Bonchev–Trinajstić information content (AvgIpc) is 3.09. The van der Waals surface area contributed by atoms with Crippen LogP contribution in [0.2, 0.25) is 5.02 Å². The van der Waals surface area contributed by atoms with Gasteiger partial charge in [-0.3, -0.25) is 0 Å². The molecule has 1 fully saturated rings. The summed E-state index contributed by atoms with van der Waals surface area (Å²) in [6.45, 7) is 4.13. The van der Waals surface area contributed by atoms with Crippen LogP contribution in [0.4, 0.5) is 0 Å². The molecule has 27 heavy (non-hydrogen) atoms. The van der Waals surface area contributed by atoms with E-state index in [-0.39, 0.29) is 21.4 Å². The second kappa shape index (κ2) is 7.95. The number of nitrogens with zero attached hydrogens (tertiary/aromatic N) is 3. The summed E-state index contributed by atoms with van der Waals surface area (Å²) in [5.41, 5.74) is 0.0815. The summed E-state index contributed by atoms with van der Waals surface area (Å²) in [7, 11) is -3.77. The van der Waals surface area contributed by atoms with Crippen LogP contribution >= 0.6 is 11.6 Å². The molecule has 1 aliphatic heterocycles. The lowest BCUT2D eigenvalue weighted by atomic mass is 10.2. The Hall–Kier alpha value is -1.97. The van der Waals surface area contributed by atoms with Crippen LogP contribution in [0.15, 0.2) is 27.6 Å². The highest BCUT2D eigenvalue weighted by Gasteiger charge is 2.29. The zero-order chi connectivity index (χ0) is 19.6. The average molecular weight is 414 g/mol. The first-order valence-electron chi connectivity index (χ1n) is 8.60. The third-order valence-electron chi connectivity index (χ3n) is 4.27. The van der Waals surface area contributed by atoms with Crippen molar-refractivity contribution in [3.05, 3.63) is 40.5 Å². The smallest absolute Gasteiger partial charge is 0.338 e. The van der Waals surface area contributed by atoms with Crippen molar-refractivity contribution in [1.29, 1.82) is 0 Å². The van der Waals surface area contributed by atoms with Crippen LogP contribution < -0.4 is 0 Å². The second-order valence-corrected chi connectivity index (χ2v) is 8.65. The van der Waals surface area contributed by atoms with Crippen molar-refractivity contribution >= 4 is 27.6 Å². The van der Waals surface area contributed by atoms with E-state index in [4.69, 9.17) is 20.9 Å². The summed E-state index contributed by atoms with van der Waals surface area (Å²) >= 11 is 6.12. The van der Waals surface area contributed by atoms with E-state index < -0.39 is 22.1 Å². The molecule has 0 radical (unpaired) electrons. The van der Waals surface area contributed by atoms with Crippen LogP contribution in [0.5, 0.6) is 0 Å². The van der Waals surface area contributed by atoms with E-state index in [1.165, 1.54) is 22.5 Å². The number of carbonyl (C=O) groups excluding carboxylic acids is 1. The van der Waals surface area contributed by atoms with E-state index in [2.05, 4.69) is 10.1 Å². The highest BCUT2D eigenvalue weighted by Crippen LogP contribution is 2.28. The first kappa shape index (κ1) is 19.8. The fourth-order valence-corrected chi connectivity index (χ4v) is 4.85. The van der Waals surface area contributed by atoms with Crippen LogP contribution in [-0.4, -0.2) is 41.9 Å². The Balaban J connectivity index is 1.83. The van der Waals surface area contributed by atoms with Crippen molar-refractivity contribution in [3.8, 4) is 0 Å². The molecule has 1 atom stereocenters. The molecule has 2 heterocycles. The van der Waals surface area contributed by atoms with Gasteiger partial charge in [-0.1, -0.05) is 23.2 Å². The number of benzene rings is 1. The molecule has 1 unspecified atom stereocenters. The molecular formula is C17H20ClN3O5S. The maximum atomic E-state index is 12.9. The Labute approximate surface area is 162 Å².